The van der Waals surface area contributed by atoms with E-state index in [9.17, 15) is 4.79 Å². The minimum Gasteiger partial charge on any atom is -0.490 e. The summed E-state index contributed by atoms with van der Waals surface area (Å²) in [5, 5.41) is 0. The molecule has 1 aromatic heterocycles. The summed E-state index contributed by atoms with van der Waals surface area (Å²) in [7, 11) is 0. The molecule has 0 aliphatic carbocycles. The maximum absolute atomic E-state index is 11.9. The van der Waals surface area contributed by atoms with E-state index in [0.29, 0.717) is 30.4 Å². The minimum absolute atomic E-state index is 0.139. The van der Waals surface area contributed by atoms with Crippen LogP contribution in [0.5, 0.6) is 11.5 Å². The van der Waals surface area contributed by atoms with Gasteiger partial charge in [0.25, 0.3) is 0 Å². The molecule has 0 aliphatic heterocycles. The molecule has 0 saturated heterocycles. The van der Waals surface area contributed by atoms with E-state index in [0.717, 1.165) is 11.1 Å². The van der Waals surface area contributed by atoms with Crippen LogP contribution < -0.4 is 9.47 Å². The highest BCUT2D eigenvalue weighted by Crippen LogP contribution is 2.29. The molecule has 148 valence electrons. The van der Waals surface area contributed by atoms with E-state index in [1.54, 1.807) is 18.3 Å². The number of benzene rings is 2. The number of ether oxygens (including phenoxy) is 3. The molecule has 0 amide bonds. The van der Waals surface area contributed by atoms with Crippen molar-refractivity contribution in [3.05, 3.63) is 95.8 Å². The van der Waals surface area contributed by atoms with Crippen molar-refractivity contribution in [1.29, 1.82) is 0 Å². The fourth-order valence-corrected chi connectivity index (χ4v) is 2.59. The lowest BCUT2D eigenvalue weighted by Gasteiger charge is -2.12. The number of nitrogens with zero attached hydrogens (tertiary/aromatic N) is 1. The number of pyridine rings is 1. The van der Waals surface area contributed by atoms with Crippen LogP contribution in [-0.4, -0.2) is 17.6 Å². The third-order valence-electron chi connectivity index (χ3n) is 4.01. The van der Waals surface area contributed by atoms with Crippen molar-refractivity contribution in [3.8, 4) is 11.5 Å². The van der Waals surface area contributed by atoms with Crippen molar-refractivity contribution in [2.75, 3.05) is 6.61 Å². The number of esters is 1. The second-order valence-electron chi connectivity index (χ2n) is 6.18. The number of carbonyl (C=O) groups excluding carboxylic acids is 1. The molecule has 5 heteroatoms. The van der Waals surface area contributed by atoms with Crippen LogP contribution in [0.1, 0.15) is 23.7 Å². The fourth-order valence-electron chi connectivity index (χ4n) is 2.59. The molecule has 2 aromatic carbocycles. The van der Waals surface area contributed by atoms with Gasteiger partial charge in [0, 0.05) is 12.3 Å². The van der Waals surface area contributed by atoms with Crippen LogP contribution in [0.25, 0.3) is 6.08 Å². The van der Waals surface area contributed by atoms with E-state index in [-0.39, 0.29) is 6.61 Å². The van der Waals surface area contributed by atoms with Gasteiger partial charge in [-0.15, -0.1) is 0 Å². The van der Waals surface area contributed by atoms with Crippen molar-refractivity contribution in [3.63, 3.8) is 0 Å². The summed E-state index contributed by atoms with van der Waals surface area (Å²) < 4.78 is 16.8. The molecule has 0 radical (unpaired) electrons. The molecule has 5 nitrogen and oxygen atoms in total. The van der Waals surface area contributed by atoms with Gasteiger partial charge in [0.1, 0.15) is 13.2 Å². The Labute approximate surface area is 170 Å². The molecule has 0 unspecified atom stereocenters. The second kappa shape index (κ2) is 10.7. The van der Waals surface area contributed by atoms with Gasteiger partial charge in [0.05, 0.1) is 12.3 Å². The zero-order valence-electron chi connectivity index (χ0n) is 16.3. The van der Waals surface area contributed by atoms with Gasteiger partial charge in [-0.1, -0.05) is 42.5 Å². The van der Waals surface area contributed by atoms with E-state index in [1.807, 2.05) is 67.6 Å². The fraction of sp³-hybridized carbons (Fsp3) is 0.167. The van der Waals surface area contributed by atoms with E-state index < -0.39 is 5.97 Å². The minimum atomic E-state index is -0.432. The summed E-state index contributed by atoms with van der Waals surface area (Å²) in [6.07, 6.45) is 4.73. The number of hydrogen-bond donors (Lipinski definition) is 0. The molecule has 0 N–H and O–H groups in total. The highest BCUT2D eigenvalue weighted by atomic mass is 16.5. The number of aromatic nitrogens is 1. The molecule has 0 fully saturated rings. The summed E-state index contributed by atoms with van der Waals surface area (Å²) >= 11 is 0. The lowest BCUT2D eigenvalue weighted by atomic mass is 10.2. The first kappa shape index (κ1) is 20.1. The summed E-state index contributed by atoms with van der Waals surface area (Å²) in [5.74, 6) is 0.857. The molecule has 0 saturated carbocycles. The molecular weight excluding hydrogens is 366 g/mol. The van der Waals surface area contributed by atoms with Gasteiger partial charge < -0.3 is 14.2 Å². The average molecular weight is 389 g/mol. The number of carbonyl (C=O) groups is 1. The van der Waals surface area contributed by atoms with Crippen molar-refractivity contribution >= 4 is 12.0 Å². The molecule has 1 heterocycles. The van der Waals surface area contributed by atoms with E-state index in [2.05, 4.69) is 4.98 Å². The average Bonchev–Trinajstić information content (AvgIpc) is 2.77. The van der Waals surface area contributed by atoms with Gasteiger partial charge in [-0.2, -0.15) is 0 Å². The van der Waals surface area contributed by atoms with Crippen LogP contribution in [0.2, 0.25) is 0 Å². The van der Waals surface area contributed by atoms with E-state index in [1.165, 1.54) is 6.08 Å². The van der Waals surface area contributed by atoms with E-state index in [4.69, 9.17) is 14.2 Å². The third-order valence-corrected chi connectivity index (χ3v) is 4.01. The summed E-state index contributed by atoms with van der Waals surface area (Å²) in [6, 6.07) is 21.0. The number of hydrogen-bond acceptors (Lipinski definition) is 5. The first-order chi connectivity index (χ1) is 14.2. The lowest BCUT2D eigenvalue weighted by Crippen LogP contribution is -2.02. The van der Waals surface area contributed by atoms with Crippen molar-refractivity contribution < 1.29 is 19.0 Å². The van der Waals surface area contributed by atoms with Crippen molar-refractivity contribution in [1.82, 2.24) is 4.98 Å². The third kappa shape index (κ3) is 6.50. The van der Waals surface area contributed by atoms with Gasteiger partial charge in [-0.05, 0) is 48.4 Å². The SMILES string of the molecule is CCOc1cc(/C=C/C(=O)OCc2ccccn2)ccc1OCc1ccccc1. The molecule has 0 spiro atoms. The normalized spacial score (nSPS) is 10.7. The molecule has 29 heavy (non-hydrogen) atoms. The Morgan fingerprint density at radius 1 is 0.931 bits per heavy atom. The molecule has 3 aromatic rings. The topological polar surface area (TPSA) is 57.7 Å². The van der Waals surface area contributed by atoms with Crippen LogP contribution in [0, 0.1) is 0 Å². The Morgan fingerprint density at radius 2 is 1.76 bits per heavy atom. The smallest absolute Gasteiger partial charge is 0.331 e. The Kier molecular flexibility index (Phi) is 7.41. The van der Waals surface area contributed by atoms with Gasteiger partial charge in [-0.25, -0.2) is 4.79 Å². The Balaban J connectivity index is 1.60. The molecular formula is C24H23NO4. The van der Waals surface area contributed by atoms with E-state index >= 15 is 0 Å². The van der Waals surface area contributed by atoms with Crippen LogP contribution in [-0.2, 0) is 22.7 Å². The molecule has 0 aliphatic rings. The highest BCUT2D eigenvalue weighted by Gasteiger charge is 2.07. The molecule has 3 rings (SSSR count). The first-order valence-corrected chi connectivity index (χ1v) is 9.43. The lowest BCUT2D eigenvalue weighted by molar-refractivity contribution is -0.139. The second-order valence-corrected chi connectivity index (χ2v) is 6.18. The van der Waals surface area contributed by atoms with Gasteiger partial charge >= 0.3 is 5.97 Å². The van der Waals surface area contributed by atoms with Crippen LogP contribution in [0.4, 0.5) is 0 Å². The maximum atomic E-state index is 11.9. The van der Waals surface area contributed by atoms with Crippen LogP contribution in [0.15, 0.2) is 79.0 Å². The standard InChI is InChI=1S/C24H23NO4/c1-2-27-23-16-19(11-13-22(23)28-17-20-8-4-3-5-9-20)12-14-24(26)29-18-21-10-6-7-15-25-21/h3-16H,2,17-18H2,1H3/b14-12+. The van der Waals surface area contributed by atoms with Gasteiger partial charge in [0.15, 0.2) is 11.5 Å². The number of rotatable bonds is 9. The predicted octanol–water partition coefficient (Wildman–Crippen LogP) is 4.82. The van der Waals surface area contributed by atoms with Crippen molar-refractivity contribution in [2.24, 2.45) is 0 Å². The van der Waals surface area contributed by atoms with Crippen LogP contribution in [0.3, 0.4) is 0 Å². The quantitative estimate of drug-likeness (QED) is 0.388. The zero-order valence-corrected chi connectivity index (χ0v) is 16.3. The predicted molar refractivity (Wildman–Crippen MR) is 111 cm³/mol. The van der Waals surface area contributed by atoms with Crippen molar-refractivity contribution in [2.45, 2.75) is 20.1 Å². The van der Waals surface area contributed by atoms with Crippen LogP contribution >= 0.6 is 0 Å². The highest BCUT2D eigenvalue weighted by molar-refractivity contribution is 5.87. The largest absolute Gasteiger partial charge is 0.490 e. The Hall–Kier alpha value is -3.60. The van der Waals surface area contributed by atoms with Gasteiger partial charge in [0.2, 0.25) is 0 Å². The summed E-state index contributed by atoms with van der Waals surface area (Å²) in [4.78, 5) is 16.1. The zero-order chi connectivity index (χ0) is 20.3. The Morgan fingerprint density at radius 3 is 2.52 bits per heavy atom. The summed E-state index contributed by atoms with van der Waals surface area (Å²) in [6.45, 7) is 3.02. The maximum Gasteiger partial charge on any atom is 0.331 e. The molecule has 0 bridgehead atoms. The molecule has 0 atom stereocenters. The first-order valence-electron chi connectivity index (χ1n) is 9.43. The summed E-state index contributed by atoms with van der Waals surface area (Å²) in [5.41, 5.74) is 2.60. The monoisotopic (exact) mass is 389 g/mol. The Bertz CT molecular complexity index is 940. The van der Waals surface area contributed by atoms with Gasteiger partial charge in [-0.3, -0.25) is 4.98 Å².